The molecule has 0 saturated carbocycles. The van der Waals surface area contributed by atoms with Gasteiger partial charge in [-0.2, -0.15) is 0 Å². The Labute approximate surface area is 151 Å². The van der Waals surface area contributed by atoms with Gasteiger partial charge < -0.3 is 24.8 Å². The van der Waals surface area contributed by atoms with E-state index in [4.69, 9.17) is 15.0 Å². The molecule has 0 amide bonds. The zero-order valence-electron chi connectivity index (χ0n) is 15.9. The van der Waals surface area contributed by atoms with E-state index in [1.54, 1.807) is 0 Å². The predicted molar refractivity (Wildman–Crippen MR) is 100 cm³/mol. The van der Waals surface area contributed by atoms with E-state index in [1.807, 2.05) is 40.1 Å². The van der Waals surface area contributed by atoms with Crippen molar-refractivity contribution in [2.45, 2.75) is 45.3 Å². The van der Waals surface area contributed by atoms with Crippen LogP contribution >= 0.6 is 0 Å². The molecule has 0 radical (unpaired) electrons. The summed E-state index contributed by atoms with van der Waals surface area (Å²) in [5.74, 6) is 0.773. The minimum atomic E-state index is -0.414. The Hall–Kier alpha value is -1.22. The lowest BCUT2D eigenvalue weighted by atomic mass is 9.81. The molecular weight excluding hydrogens is 317 g/mol. The van der Waals surface area contributed by atoms with E-state index < -0.39 is 7.12 Å². The minimum absolute atomic E-state index is 0.354. The van der Waals surface area contributed by atoms with Gasteiger partial charge >= 0.3 is 7.12 Å². The third kappa shape index (κ3) is 3.97. The lowest BCUT2D eigenvalue weighted by Crippen LogP contribution is -2.41. The normalized spacial score (nSPS) is 23.7. The maximum atomic E-state index is 6.06. The minimum Gasteiger partial charge on any atom is -0.399 e. The molecule has 2 aliphatic rings. The summed E-state index contributed by atoms with van der Waals surface area (Å²) >= 11 is 0. The fraction of sp³-hybridized carbons (Fsp3) is 0.765. The quantitative estimate of drug-likeness (QED) is 0.782. The largest absolute Gasteiger partial charge is 0.498 e. The molecule has 1 aromatic rings. The van der Waals surface area contributed by atoms with Crippen LogP contribution in [-0.4, -0.2) is 72.5 Å². The van der Waals surface area contributed by atoms with Gasteiger partial charge in [-0.15, -0.1) is 0 Å². The van der Waals surface area contributed by atoms with Gasteiger partial charge in [0.2, 0.25) is 5.95 Å². The van der Waals surface area contributed by atoms with E-state index >= 15 is 0 Å². The van der Waals surface area contributed by atoms with Crippen molar-refractivity contribution in [3.63, 3.8) is 0 Å². The Morgan fingerprint density at radius 2 is 1.68 bits per heavy atom. The van der Waals surface area contributed by atoms with E-state index in [9.17, 15) is 0 Å². The first-order valence-corrected chi connectivity index (χ1v) is 9.17. The summed E-state index contributed by atoms with van der Waals surface area (Å²) in [6.45, 7) is 13.8. The summed E-state index contributed by atoms with van der Waals surface area (Å²) in [5.41, 5.74) is 5.82. The number of nitrogens with two attached hydrogens (primary N) is 1. The molecular formula is C17H30BN5O2. The maximum absolute atomic E-state index is 6.06. The van der Waals surface area contributed by atoms with Crippen LogP contribution in [0.5, 0.6) is 0 Å². The lowest BCUT2D eigenvalue weighted by molar-refractivity contribution is 0.00578. The van der Waals surface area contributed by atoms with Gasteiger partial charge in [-0.3, -0.25) is 0 Å². The highest BCUT2D eigenvalue weighted by Gasteiger charge is 2.51. The number of hydrogen-bond donors (Lipinski definition) is 1. The van der Waals surface area contributed by atoms with Crippen molar-refractivity contribution in [3.05, 3.63) is 12.4 Å². The number of nitrogens with zero attached hydrogens (tertiary/aromatic N) is 4. The van der Waals surface area contributed by atoms with Gasteiger partial charge in [0.05, 0.1) is 11.2 Å². The van der Waals surface area contributed by atoms with Crippen LogP contribution in [-0.2, 0) is 9.31 Å². The second-order valence-corrected chi connectivity index (χ2v) is 7.88. The molecule has 3 heterocycles. The van der Waals surface area contributed by atoms with E-state index in [0.29, 0.717) is 6.54 Å². The first-order chi connectivity index (χ1) is 11.8. The third-order valence-corrected chi connectivity index (χ3v) is 5.50. The monoisotopic (exact) mass is 347 g/mol. The molecule has 3 rings (SSSR count). The van der Waals surface area contributed by atoms with Crippen LogP contribution in [0.4, 0.5) is 5.95 Å². The fourth-order valence-corrected chi connectivity index (χ4v) is 3.17. The van der Waals surface area contributed by atoms with Crippen molar-refractivity contribution in [1.29, 1.82) is 0 Å². The summed E-state index contributed by atoms with van der Waals surface area (Å²) < 4.78 is 12.1. The molecule has 25 heavy (non-hydrogen) atoms. The van der Waals surface area contributed by atoms with Crippen molar-refractivity contribution >= 4 is 18.5 Å². The summed E-state index contributed by atoms with van der Waals surface area (Å²) in [6, 6.07) is 0. The Morgan fingerprint density at radius 3 is 2.28 bits per heavy atom. The summed E-state index contributed by atoms with van der Waals surface area (Å²) in [4.78, 5) is 13.8. The van der Waals surface area contributed by atoms with Crippen LogP contribution in [0.25, 0.3) is 0 Å². The zero-order chi connectivity index (χ0) is 18.1. The zero-order valence-corrected chi connectivity index (χ0v) is 15.9. The van der Waals surface area contributed by atoms with E-state index in [1.165, 1.54) is 0 Å². The first kappa shape index (κ1) is 18.6. The van der Waals surface area contributed by atoms with Crippen LogP contribution in [0.3, 0.4) is 0 Å². The summed E-state index contributed by atoms with van der Waals surface area (Å²) in [7, 11) is -0.414. The van der Waals surface area contributed by atoms with Crippen molar-refractivity contribution in [3.8, 4) is 0 Å². The summed E-state index contributed by atoms with van der Waals surface area (Å²) in [5, 5.41) is 0. The molecule has 2 saturated heterocycles. The van der Waals surface area contributed by atoms with Crippen LogP contribution in [0.2, 0.25) is 0 Å². The van der Waals surface area contributed by atoms with Gasteiger partial charge in [-0.25, -0.2) is 9.97 Å². The Kier molecular flexibility index (Phi) is 5.34. The van der Waals surface area contributed by atoms with Gasteiger partial charge in [-0.05, 0) is 40.7 Å². The smallest absolute Gasteiger partial charge is 0.399 e. The molecule has 0 bridgehead atoms. The van der Waals surface area contributed by atoms with E-state index in [-0.39, 0.29) is 11.2 Å². The highest BCUT2D eigenvalue weighted by atomic mass is 16.7. The van der Waals surface area contributed by atoms with Gasteiger partial charge in [0.15, 0.2) is 0 Å². The van der Waals surface area contributed by atoms with Crippen LogP contribution in [0.1, 0.15) is 34.1 Å². The van der Waals surface area contributed by atoms with E-state index in [0.717, 1.165) is 50.6 Å². The second kappa shape index (κ2) is 7.19. The molecule has 0 aromatic carbocycles. The standard InChI is InChI=1S/C17H30BN5O2/c1-16(2)17(3,4)25-18(24-16)14-12-20-15(21-13-14)23-8-5-7-22(9-6-19)10-11-23/h12-13H,5-11,19H2,1-4H3. The molecule has 2 N–H and O–H groups in total. The molecule has 0 unspecified atom stereocenters. The molecule has 0 spiro atoms. The number of aromatic nitrogens is 2. The molecule has 1 aromatic heterocycles. The third-order valence-electron chi connectivity index (χ3n) is 5.50. The number of hydrogen-bond acceptors (Lipinski definition) is 7. The van der Waals surface area contributed by atoms with Gasteiger partial charge in [0, 0.05) is 50.6 Å². The molecule has 2 fully saturated rings. The lowest BCUT2D eigenvalue weighted by Gasteiger charge is -2.32. The predicted octanol–water partition coefficient (Wildman–Crippen LogP) is 0.247. The number of anilines is 1. The van der Waals surface area contributed by atoms with Crippen LogP contribution < -0.4 is 16.1 Å². The Morgan fingerprint density at radius 1 is 1.04 bits per heavy atom. The van der Waals surface area contributed by atoms with Crippen LogP contribution in [0, 0.1) is 0 Å². The first-order valence-electron chi connectivity index (χ1n) is 9.17. The molecule has 138 valence electrons. The topological polar surface area (TPSA) is 76.7 Å². The van der Waals surface area contributed by atoms with Crippen molar-refractivity contribution in [1.82, 2.24) is 14.9 Å². The fourth-order valence-electron chi connectivity index (χ4n) is 3.17. The van der Waals surface area contributed by atoms with E-state index in [2.05, 4.69) is 19.8 Å². The molecule has 8 heteroatoms. The average Bonchev–Trinajstić information content (AvgIpc) is 2.72. The highest BCUT2D eigenvalue weighted by molar-refractivity contribution is 6.61. The SMILES string of the molecule is CC1(C)OB(c2cnc(N3CCCN(CCN)CC3)nc2)OC1(C)C. The maximum Gasteiger partial charge on any atom is 0.498 e. The molecule has 7 nitrogen and oxygen atoms in total. The number of rotatable bonds is 4. The van der Waals surface area contributed by atoms with Crippen molar-refractivity contribution < 1.29 is 9.31 Å². The average molecular weight is 347 g/mol. The van der Waals surface area contributed by atoms with Gasteiger partial charge in [0.25, 0.3) is 0 Å². The second-order valence-electron chi connectivity index (χ2n) is 7.88. The Bertz CT molecular complexity index is 565. The van der Waals surface area contributed by atoms with Crippen molar-refractivity contribution in [2.75, 3.05) is 44.2 Å². The molecule has 0 atom stereocenters. The highest BCUT2D eigenvalue weighted by Crippen LogP contribution is 2.36. The van der Waals surface area contributed by atoms with Gasteiger partial charge in [0.1, 0.15) is 0 Å². The van der Waals surface area contributed by atoms with Gasteiger partial charge in [-0.1, -0.05) is 0 Å². The van der Waals surface area contributed by atoms with Crippen LogP contribution in [0.15, 0.2) is 12.4 Å². The Balaban J connectivity index is 1.65. The summed E-state index contributed by atoms with van der Waals surface area (Å²) in [6.07, 6.45) is 4.75. The molecule has 0 aliphatic carbocycles. The van der Waals surface area contributed by atoms with Crippen molar-refractivity contribution in [2.24, 2.45) is 5.73 Å². The molecule has 2 aliphatic heterocycles.